The highest BCUT2D eigenvalue weighted by Gasteiger charge is 2.16. The Morgan fingerprint density at radius 2 is 1.81 bits per heavy atom. The van der Waals surface area contributed by atoms with Crippen LogP contribution >= 0.6 is 11.3 Å². The molecule has 1 saturated heterocycles. The quantitative estimate of drug-likeness (QED) is 0.754. The Balaban J connectivity index is 1.83. The van der Waals surface area contributed by atoms with Gasteiger partial charge in [-0.3, -0.25) is 0 Å². The van der Waals surface area contributed by atoms with Crippen molar-refractivity contribution in [2.45, 2.75) is 0 Å². The van der Waals surface area contributed by atoms with Gasteiger partial charge in [0.2, 0.25) is 0 Å². The van der Waals surface area contributed by atoms with Gasteiger partial charge in [0.25, 0.3) is 0 Å². The number of nitrogens with zero attached hydrogens (tertiary/aromatic N) is 3. The van der Waals surface area contributed by atoms with Gasteiger partial charge in [-0.25, -0.2) is 0 Å². The molecule has 0 atom stereocenters. The van der Waals surface area contributed by atoms with Crippen LogP contribution in [0.15, 0.2) is 30.3 Å². The van der Waals surface area contributed by atoms with Crippen LogP contribution in [0.1, 0.15) is 10.4 Å². The van der Waals surface area contributed by atoms with Crippen LogP contribution in [0.3, 0.4) is 0 Å². The number of nitriles is 1. The summed E-state index contributed by atoms with van der Waals surface area (Å²) in [6, 6.07) is 12.1. The van der Waals surface area contributed by atoms with Gasteiger partial charge in [-0.05, 0) is 49.0 Å². The highest BCUT2D eigenvalue weighted by molar-refractivity contribution is 7.17. The molecule has 6 heteroatoms. The molecule has 1 aliphatic heterocycles. The molecule has 2 aromatic rings. The van der Waals surface area contributed by atoms with Crippen LogP contribution in [0, 0.1) is 11.3 Å². The number of thiophene rings is 1. The van der Waals surface area contributed by atoms with E-state index in [1.54, 1.807) is 25.6 Å². The van der Waals surface area contributed by atoms with Crippen LogP contribution in [0.2, 0.25) is 0 Å². The van der Waals surface area contributed by atoms with Gasteiger partial charge in [0.05, 0.1) is 30.9 Å². The molecular formula is C20H23N3O2S. The molecular weight excluding hydrogens is 346 g/mol. The molecule has 1 aromatic carbocycles. The lowest BCUT2D eigenvalue weighted by Crippen LogP contribution is -2.44. The van der Waals surface area contributed by atoms with Crippen LogP contribution in [0.4, 0.5) is 5.00 Å². The third-order valence-corrected chi connectivity index (χ3v) is 5.62. The van der Waals surface area contributed by atoms with E-state index in [-0.39, 0.29) is 0 Å². The SMILES string of the molecule is COc1ccc(/C(C#N)=C/c2ccc(N3CCN(C)CC3)s2)cc1OC. The third-order valence-electron chi connectivity index (χ3n) is 4.53. The van der Waals surface area contributed by atoms with Crippen molar-refractivity contribution < 1.29 is 9.47 Å². The molecule has 0 spiro atoms. The maximum absolute atomic E-state index is 9.61. The highest BCUT2D eigenvalue weighted by atomic mass is 32.1. The minimum absolute atomic E-state index is 0.609. The zero-order chi connectivity index (χ0) is 18.5. The summed E-state index contributed by atoms with van der Waals surface area (Å²) in [5, 5.41) is 10.9. The van der Waals surface area contributed by atoms with E-state index in [1.807, 2.05) is 24.3 Å². The topological polar surface area (TPSA) is 48.7 Å². The van der Waals surface area contributed by atoms with Gasteiger partial charge in [-0.2, -0.15) is 5.26 Å². The van der Waals surface area contributed by atoms with E-state index in [0.29, 0.717) is 17.1 Å². The van der Waals surface area contributed by atoms with Crippen molar-refractivity contribution in [2.75, 3.05) is 52.3 Å². The molecule has 0 radical (unpaired) electrons. The zero-order valence-electron chi connectivity index (χ0n) is 15.4. The summed E-state index contributed by atoms with van der Waals surface area (Å²) in [7, 11) is 5.35. The van der Waals surface area contributed by atoms with Crippen LogP contribution in [0.25, 0.3) is 11.6 Å². The van der Waals surface area contributed by atoms with E-state index in [2.05, 4.69) is 35.0 Å². The Hall–Kier alpha value is -2.49. The second-order valence-corrected chi connectivity index (χ2v) is 7.30. The highest BCUT2D eigenvalue weighted by Crippen LogP contribution is 2.33. The summed E-state index contributed by atoms with van der Waals surface area (Å²) in [4.78, 5) is 5.82. The first-order chi connectivity index (χ1) is 12.6. The van der Waals surface area contributed by atoms with Crippen LogP contribution in [-0.2, 0) is 0 Å². The Labute approximate surface area is 158 Å². The first kappa shape index (κ1) is 18.3. The molecule has 1 fully saturated rings. The number of benzene rings is 1. The smallest absolute Gasteiger partial charge is 0.161 e. The average molecular weight is 369 g/mol. The fraction of sp³-hybridized carbons (Fsp3) is 0.350. The van der Waals surface area contributed by atoms with Crippen LogP contribution in [-0.4, -0.2) is 52.3 Å². The molecule has 5 nitrogen and oxygen atoms in total. The number of allylic oxidation sites excluding steroid dienone is 1. The number of hydrogen-bond acceptors (Lipinski definition) is 6. The predicted molar refractivity (Wildman–Crippen MR) is 107 cm³/mol. The lowest BCUT2D eigenvalue weighted by molar-refractivity contribution is 0.313. The van der Waals surface area contributed by atoms with Gasteiger partial charge in [-0.15, -0.1) is 11.3 Å². The summed E-state index contributed by atoms with van der Waals surface area (Å²) in [5.74, 6) is 1.28. The normalized spacial score (nSPS) is 15.6. The van der Waals surface area contributed by atoms with E-state index in [4.69, 9.17) is 9.47 Å². The summed E-state index contributed by atoms with van der Waals surface area (Å²) < 4.78 is 10.6. The summed E-state index contributed by atoms with van der Waals surface area (Å²) in [6.45, 7) is 4.25. The molecule has 1 aromatic heterocycles. The molecule has 136 valence electrons. The first-order valence-electron chi connectivity index (χ1n) is 8.52. The second-order valence-electron chi connectivity index (χ2n) is 6.21. The van der Waals surface area contributed by atoms with Crippen molar-refractivity contribution in [1.29, 1.82) is 5.26 Å². The van der Waals surface area contributed by atoms with Crippen molar-refractivity contribution >= 4 is 28.0 Å². The lowest BCUT2D eigenvalue weighted by atomic mass is 10.1. The van der Waals surface area contributed by atoms with E-state index in [9.17, 15) is 5.26 Å². The number of methoxy groups -OCH3 is 2. The summed E-state index contributed by atoms with van der Waals surface area (Å²) in [6.07, 6.45) is 1.94. The Bertz CT molecular complexity index is 830. The molecule has 3 rings (SSSR count). The molecule has 0 aliphatic carbocycles. The van der Waals surface area contributed by atoms with Gasteiger partial charge in [0.15, 0.2) is 11.5 Å². The summed E-state index contributed by atoms with van der Waals surface area (Å²) >= 11 is 1.72. The van der Waals surface area contributed by atoms with Crippen molar-refractivity contribution in [3.05, 3.63) is 40.8 Å². The Morgan fingerprint density at radius 1 is 1.08 bits per heavy atom. The Kier molecular flexibility index (Phi) is 5.82. The van der Waals surface area contributed by atoms with Crippen molar-refractivity contribution in [3.63, 3.8) is 0 Å². The molecule has 0 bridgehead atoms. The number of rotatable bonds is 5. The molecule has 0 N–H and O–H groups in total. The number of piperazine rings is 1. The van der Waals surface area contributed by atoms with E-state index >= 15 is 0 Å². The third kappa shape index (κ3) is 4.01. The van der Waals surface area contributed by atoms with Crippen molar-refractivity contribution in [1.82, 2.24) is 4.90 Å². The second kappa shape index (κ2) is 8.26. The predicted octanol–water partition coefficient (Wildman–Crippen LogP) is 3.58. The number of hydrogen-bond donors (Lipinski definition) is 0. The maximum Gasteiger partial charge on any atom is 0.161 e. The monoisotopic (exact) mass is 369 g/mol. The van der Waals surface area contributed by atoms with Gasteiger partial charge < -0.3 is 19.3 Å². The van der Waals surface area contributed by atoms with Gasteiger partial charge in [0.1, 0.15) is 0 Å². The molecule has 1 aliphatic rings. The average Bonchev–Trinajstić information content (AvgIpc) is 3.14. The van der Waals surface area contributed by atoms with Gasteiger partial charge >= 0.3 is 0 Å². The van der Waals surface area contributed by atoms with Gasteiger partial charge in [0, 0.05) is 31.1 Å². The summed E-state index contributed by atoms with van der Waals surface area (Å²) in [5.41, 5.74) is 1.43. The van der Waals surface area contributed by atoms with E-state index < -0.39 is 0 Å². The minimum atomic E-state index is 0.609. The number of anilines is 1. The van der Waals surface area contributed by atoms with Gasteiger partial charge in [-0.1, -0.05) is 0 Å². The number of likely N-dealkylation sites (N-methyl/N-ethyl adjacent to an activating group) is 1. The van der Waals surface area contributed by atoms with E-state index in [1.165, 1.54) is 5.00 Å². The van der Waals surface area contributed by atoms with Crippen molar-refractivity contribution in [2.24, 2.45) is 0 Å². The molecule has 0 unspecified atom stereocenters. The fourth-order valence-electron chi connectivity index (χ4n) is 2.94. The molecule has 0 saturated carbocycles. The number of ether oxygens (including phenoxy) is 2. The standard InChI is InChI=1S/C20H23N3O2S/c1-22-8-10-23(11-9-22)20-7-5-17(26-20)12-16(14-21)15-4-6-18(24-2)19(13-15)25-3/h4-7,12-13H,8-11H2,1-3H3/b16-12+. The Morgan fingerprint density at radius 3 is 2.46 bits per heavy atom. The zero-order valence-corrected chi connectivity index (χ0v) is 16.2. The maximum atomic E-state index is 9.61. The molecule has 2 heterocycles. The molecule has 26 heavy (non-hydrogen) atoms. The van der Waals surface area contributed by atoms with Crippen molar-refractivity contribution in [3.8, 4) is 17.6 Å². The minimum Gasteiger partial charge on any atom is -0.493 e. The molecule has 0 amide bonds. The van der Waals surface area contributed by atoms with E-state index in [0.717, 1.165) is 36.6 Å². The van der Waals surface area contributed by atoms with Crippen LogP contribution < -0.4 is 14.4 Å². The van der Waals surface area contributed by atoms with Crippen LogP contribution in [0.5, 0.6) is 11.5 Å². The lowest BCUT2D eigenvalue weighted by Gasteiger charge is -2.32. The largest absolute Gasteiger partial charge is 0.493 e. The fourth-order valence-corrected chi connectivity index (χ4v) is 3.94. The first-order valence-corrected chi connectivity index (χ1v) is 9.33.